The fourth-order valence-corrected chi connectivity index (χ4v) is 7.80. The van der Waals surface area contributed by atoms with Gasteiger partial charge in [-0.05, 0) is 121 Å². The lowest BCUT2D eigenvalue weighted by atomic mass is 9.55. The molecule has 5 aliphatic rings. The van der Waals surface area contributed by atoms with Crippen molar-refractivity contribution in [1.29, 1.82) is 0 Å². The van der Waals surface area contributed by atoms with Gasteiger partial charge in [0.1, 0.15) is 11.6 Å². The number of ether oxygens (including phenoxy) is 1. The molecule has 2 N–H and O–H groups in total. The lowest BCUT2D eigenvalue weighted by Crippen LogP contribution is -2.43. The quantitative estimate of drug-likeness (QED) is 0.518. The number of aromatic hydroxyl groups is 1. The summed E-state index contributed by atoms with van der Waals surface area (Å²) in [7, 11) is 0. The van der Waals surface area contributed by atoms with Crippen LogP contribution in [0.4, 0.5) is 4.39 Å². The molecule has 1 saturated heterocycles. The van der Waals surface area contributed by atoms with Crippen LogP contribution in [0, 0.1) is 23.1 Å². The number of phenolic OH excluding ortho intramolecular Hbond substituents is 1. The summed E-state index contributed by atoms with van der Waals surface area (Å²) >= 11 is 0. The van der Waals surface area contributed by atoms with Gasteiger partial charge in [-0.25, -0.2) is 4.39 Å². The van der Waals surface area contributed by atoms with Crippen molar-refractivity contribution in [2.75, 3.05) is 0 Å². The van der Waals surface area contributed by atoms with Gasteiger partial charge >= 0.3 is 0 Å². The summed E-state index contributed by atoms with van der Waals surface area (Å²) in [5.74, 6) is 2.94. The Morgan fingerprint density at radius 2 is 1.73 bits per heavy atom. The lowest BCUT2D eigenvalue weighted by Gasteiger charge is -2.50. The molecule has 176 valence electrons. The van der Waals surface area contributed by atoms with E-state index in [1.165, 1.54) is 36.0 Å². The molecule has 0 spiro atoms. The molecule has 7 atom stereocenters. The minimum Gasteiger partial charge on any atom is -0.508 e. The maximum atomic E-state index is 12.6. The fourth-order valence-electron chi connectivity index (χ4n) is 7.80. The number of hydrogen-bond acceptors (Lipinski definition) is 3. The second-order valence-corrected chi connectivity index (χ2v) is 11.4. The van der Waals surface area contributed by atoms with Crippen molar-refractivity contribution in [3.8, 4) is 5.75 Å². The Morgan fingerprint density at radius 3 is 2.48 bits per heavy atom. The first-order valence-electron chi connectivity index (χ1n) is 12.8. The molecule has 4 heteroatoms. The summed E-state index contributed by atoms with van der Waals surface area (Å²) in [4.78, 5) is 0. The molecule has 3 nitrogen and oxygen atoms in total. The number of aliphatic hydroxyl groups excluding tert-OH is 1. The van der Waals surface area contributed by atoms with Gasteiger partial charge in [-0.3, -0.25) is 0 Å². The largest absolute Gasteiger partial charge is 0.508 e. The maximum absolute atomic E-state index is 12.6. The Bertz CT molecular complexity index is 1010. The smallest absolute Gasteiger partial charge is 0.123 e. The van der Waals surface area contributed by atoms with Crippen molar-refractivity contribution in [2.45, 2.75) is 88.4 Å². The number of aryl methyl sites for hydroxylation is 1. The van der Waals surface area contributed by atoms with Crippen LogP contribution in [0.2, 0.25) is 0 Å². The number of halogens is 1. The van der Waals surface area contributed by atoms with Crippen LogP contribution in [0.25, 0.3) is 0 Å². The third-order valence-corrected chi connectivity index (χ3v) is 9.72. The van der Waals surface area contributed by atoms with Gasteiger partial charge in [-0.15, -0.1) is 0 Å². The zero-order chi connectivity index (χ0) is 22.7. The first-order chi connectivity index (χ1) is 15.9. The van der Waals surface area contributed by atoms with Crippen molar-refractivity contribution < 1.29 is 19.3 Å². The number of rotatable bonds is 1. The molecular formula is C29H35FO3. The van der Waals surface area contributed by atoms with Gasteiger partial charge in [0.05, 0.1) is 18.3 Å². The number of phenols is 1. The molecule has 33 heavy (non-hydrogen) atoms. The monoisotopic (exact) mass is 450 g/mol. The van der Waals surface area contributed by atoms with E-state index in [0.29, 0.717) is 35.7 Å². The molecule has 0 bridgehead atoms. The van der Waals surface area contributed by atoms with Gasteiger partial charge in [0, 0.05) is 0 Å². The van der Waals surface area contributed by atoms with Crippen LogP contribution in [0.1, 0.15) is 80.4 Å². The van der Waals surface area contributed by atoms with Crippen LogP contribution in [-0.4, -0.2) is 28.5 Å². The predicted octanol–water partition coefficient (Wildman–Crippen LogP) is 6.08. The van der Waals surface area contributed by atoms with Crippen LogP contribution in [-0.2, 0) is 11.2 Å². The van der Waals surface area contributed by atoms with Crippen molar-refractivity contribution >= 4 is 0 Å². The zero-order valence-electron chi connectivity index (χ0n) is 19.4. The molecule has 0 amide bonds. The van der Waals surface area contributed by atoms with Gasteiger partial charge in [0.2, 0.25) is 0 Å². The summed E-state index contributed by atoms with van der Waals surface area (Å²) in [6, 6.07) is 12.8. The highest BCUT2D eigenvalue weighted by Gasteiger charge is 2.54. The molecule has 4 aliphatic carbocycles. The second kappa shape index (κ2) is 8.09. The van der Waals surface area contributed by atoms with E-state index in [-0.39, 0.29) is 17.3 Å². The Labute approximate surface area is 196 Å². The predicted molar refractivity (Wildman–Crippen MR) is 126 cm³/mol. The Balaban J connectivity index is 0.000000137. The molecule has 2 unspecified atom stereocenters. The van der Waals surface area contributed by atoms with Crippen LogP contribution in [0.5, 0.6) is 5.75 Å². The summed E-state index contributed by atoms with van der Waals surface area (Å²) in [6.45, 7) is 2.32. The van der Waals surface area contributed by atoms with Crippen LogP contribution >= 0.6 is 0 Å². The maximum Gasteiger partial charge on any atom is 0.123 e. The normalized spacial score (nSPS) is 40.0. The van der Waals surface area contributed by atoms with E-state index in [4.69, 9.17) is 4.74 Å². The van der Waals surface area contributed by atoms with E-state index >= 15 is 0 Å². The van der Waals surface area contributed by atoms with Gasteiger partial charge in [0.25, 0.3) is 0 Å². The van der Waals surface area contributed by atoms with E-state index in [1.54, 1.807) is 12.1 Å². The highest BCUT2D eigenvalue weighted by molar-refractivity contribution is 5.40. The second-order valence-electron chi connectivity index (χ2n) is 11.4. The molecule has 0 radical (unpaired) electrons. The summed E-state index contributed by atoms with van der Waals surface area (Å²) < 4.78 is 18.0. The van der Waals surface area contributed by atoms with Crippen molar-refractivity contribution in [3.63, 3.8) is 0 Å². The first kappa shape index (κ1) is 21.6. The number of benzene rings is 2. The average molecular weight is 451 g/mol. The molecule has 2 aromatic rings. The minimum absolute atomic E-state index is 0.0883. The lowest BCUT2D eigenvalue weighted by molar-refractivity contribution is -0.0226. The standard InChI is InChI=1S/C18H24O2.C11H11FO/c1-18-9-8-14-13-5-3-12(19)10-11(13)2-4-15(14)16(18)6-7-17(18)20;12-9-3-1-7(2-4-9)8-5-10-11(6-8)13-10/h3,5,10,14-17,19-20H,2,4,6-9H2,1H3;1-4,8,10-11H,5-6H2/t14-,15-,16+,17+,18+;/m1./s1. The molecule has 7 rings (SSSR count). The third kappa shape index (κ3) is 3.80. The number of hydrogen-bond donors (Lipinski definition) is 2. The van der Waals surface area contributed by atoms with Crippen molar-refractivity contribution in [3.05, 3.63) is 65.0 Å². The summed E-state index contributed by atoms with van der Waals surface area (Å²) in [5, 5.41) is 20.0. The van der Waals surface area contributed by atoms with Crippen LogP contribution < -0.4 is 0 Å². The van der Waals surface area contributed by atoms with Gasteiger partial charge in [0.15, 0.2) is 0 Å². The zero-order valence-corrected chi connectivity index (χ0v) is 19.4. The van der Waals surface area contributed by atoms with Crippen molar-refractivity contribution in [2.24, 2.45) is 17.3 Å². The van der Waals surface area contributed by atoms with Gasteiger partial charge in [-0.1, -0.05) is 25.1 Å². The highest BCUT2D eigenvalue weighted by atomic mass is 19.1. The van der Waals surface area contributed by atoms with Crippen LogP contribution in [0.3, 0.4) is 0 Å². The molecule has 0 aromatic heterocycles. The topological polar surface area (TPSA) is 53.0 Å². The molecule has 1 heterocycles. The Morgan fingerprint density at radius 1 is 0.970 bits per heavy atom. The molecule has 3 saturated carbocycles. The Kier molecular flexibility index (Phi) is 5.30. The molecule has 2 aromatic carbocycles. The van der Waals surface area contributed by atoms with Crippen LogP contribution in [0.15, 0.2) is 42.5 Å². The Hall–Kier alpha value is -1.91. The highest BCUT2D eigenvalue weighted by Crippen LogP contribution is 2.60. The fraction of sp³-hybridized carbons (Fsp3) is 0.586. The first-order valence-corrected chi connectivity index (χ1v) is 12.8. The SMILES string of the molecule is C[C@]12CC[C@@H]3c4ccc(O)cc4CC[C@H]3[C@@H]1CC[C@@H]2O.Fc1ccc(C2CC3OC3C2)cc1. The average Bonchev–Trinajstić information content (AvgIpc) is 3.29. The molecular weight excluding hydrogens is 415 g/mol. The third-order valence-electron chi connectivity index (χ3n) is 9.72. The molecule has 1 aliphatic heterocycles. The minimum atomic E-state index is -0.150. The van der Waals surface area contributed by atoms with E-state index in [9.17, 15) is 14.6 Å². The molecule has 4 fully saturated rings. The van der Waals surface area contributed by atoms with Crippen molar-refractivity contribution in [1.82, 2.24) is 0 Å². The summed E-state index contributed by atoms with van der Waals surface area (Å²) in [5.41, 5.74) is 4.25. The van der Waals surface area contributed by atoms with E-state index in [1.807, 2.05) is 24.3 Å². The van der Waals surface area contributed by atoms with E-state index in [2.05, 4.69) is 13.0 Å². The van der Waals surface area contributed by atoms with Gasteiger partial charge < -0.3 is 14.9 Å². The van der Waals surface area contributed by atoms with E-state index in [0.717, 1.165) is 38.0 Å². The number of epoxide rings is 1. The number of fused-ring (bicyclic) bond motifs is 6. The van der Waals surface area contributed by atoms with Gasteiger partial charge in [-0.2, -0.15) is 0 Å². The summed E-state index contributed by atoms with van der Waals surface area (Å²) in [6.07, 6.45) is 10.0. The number of aliphatic hydroxyl groups is 1. The van der Waals surface area contributed by atoms with E-state index < -0.39 is 0 Å².